The fourth-order valence-electron chi connectivity index (χ4n) is 2.71. The van der Waals surface area contributed by atoms with Crippen molar-refractivity contribution in [2.75, 3.05) is 15.8 Å². The second-order valence-electron chi connectivity index (χ2n) is 6.56. The van der Waals surface area contributed by atoms with E-state index in [2.05, 4.69) is 35.5 Å². The zero-order chi connectivity index (χ0) is 23.1. The first kappa shape index (κ1) is 22.4. The lowest BCUT2D eigenvalue weighted by molar-refractivity contribution is -0.115. The Bertz CT molecular complexity index is 1310. The summed E-state index contributed by atoms with van der Waals surface area (Å²) < 4.78 is 28.7. The molecular formula is C20H18N8O3S2. The minimum atomic E-state index is -3.84. The highest BCUT2D eigenvalue weighted by atomic mass is 32.2. The third-order valence-electron chi connectivity index (χ3n) is 4.24. The predicted octanol–water partition coefficient (Wildman–Crippen LogP) is 2.37. The van der Waals surface area contributed by atoms with Gasteiger partial charge < -0.3 is 5.32 Å². The summed E-state index contributed by atoms with van der Waals surface area (Å²) in [7, 11) is -3.84. The van der Waals surface area contributed by atoms with Crippen LogP contribution < -0.4 is 10.0 Å². The molecule has 168 valence electrons. The normalized spacial score (nSPS) is 11.2. The molecule has 33 heavy (non-hydrogen) atoms. The highest BCUT2D eigenvalue weighted by molar-refractivity contribution is 7.99. The van der Waals surface area contributed by atoms with E-state index >= 15 is 0 Å². The Kier molecular flexibility index (Phi) is 6.90. The Morgan fingerprint density at radius 2 is 1.70 bits per heavy atom. The summed E-state index contributed by atoms with van der Waals surface area (Å²) in [6.45, 7) is 0. The van der Waals surface area contributed by atoms with Crippen molar-refractivity contribution in [2.45, 2.75) is 16.5 Å². The number of nitrogens with zero attached hydrogens (tertiary/aromatic N) is 6. The van der Waals surface area contributed by atoms with Crippen molar-refractivity contribution in [3.05, 3.63) is 73.1 Å². The molecule has 2 heterocycles. The minimum absolute atomic E-state index is 0.0225. The van der Waals surface area contributed by atoms with E-state index in [4.69, 9.17) is 0 Å². The van der Waals surface area contributed by atoms with Crippen LogP contribution in [0, 0.1) is 0 Å². The molecule has 2 aromatic heterocycles. The van der Waals surface area contributed by atoms with E-state index in [1.165, 1.54) is 48.4 Å². The predicted molar refractivity (Wildman–Crippen MR) is 122 cm³/mol. The van der Waals surface area contributed by atoms with E-state index in [0.717, 1.165) is 5.69 Å². The van der Waals surface area contributed by atoms with Crippen molar-refractivity contribution in [2.24, 2.45) is 0 Å². The van der Waals surface area contributed by atoms with Crippen molar-refractivity contribution in [1.82, 2.24) is 30.2 Å². The molecule has 0 aliphatic heterocycles. The van der Waals surface area contributed by atoms with Gasteiger partial charge in [0.2, 0.25) is 17.0 Å². The number of amides is 1. The van der Waals surface area contributed by atoms with Crippen molar-refractivity contribution in [3.8, 4) is 5.69 Å². The van der Waals surface area contributed by atoms with Crippen LogP contribution >= 0.6 is 11.8 Å². The Labute approximate surface area is 193 Å². The molecule has 0 aliphatic carbocycles. The molecule has 1 amide bonds. The maximum atomic E-state index is 12.4. The fourth-order valence-corrected chi connectivity index (χ4v) is 4.49. The van der Waals surface area contributed by atoms with E-state index in [-0.39, 0.29) is 23.2 Å². The molecule has 0 saturated carbocycles. The van der Waals surface area contributed by atoms with Gasteiger partial charge in [-0.2, -0.15) is 4.68 Å². The first-order valence-corrected chi connectivity index (χ1v) is 12.1. The average molecular weight is 483 g/mol. The zero-order valence-electron chi connectivity index (χ0n) is 17.1. The number of tetrazole rings is 1. The molecule has 0 unspecified atom stereocenters. The van der Waals surface area contributed by atoms with Crippen molar-refractivity contribution in [1.29, 1.82) is 0 Å². The molecule has 0 aliphatic rings. The van der Waals surface area contributed by atoms with Crippen LogP contribution in [-0.2, 0) is 14.8 Å². The molecule has 2 N–H and O–H groups in total. The molecular weight excluding hydrogens is 464 g/mol. The number of carbonyl (C=O) groups excluding carboxylic acids is 1. The van der Waals surface area contributed by atoms with Crippen LogP contribution in [0.3, 0.4) is 0 Å². The van der Waals surface area contributed by atoms with E-state index in [9.17, 15) is 13.2 Å². The molecule has 0 spiro atoms. The van der Waals surface area contributed by atoms with Crippen LogP contribution in [0.5, 0.6) is 0 Å². The summed E-state index contributed by atoms with van der Waals surface area (Å²) in [6, 6.07) is 16.9. The largest absolute Gasteiger partial charge is 0.326 e. The molecule has 11 nitrogen and oxygen atoms in total. The summed E-state index contributed by atoms with van der Waals surface area (Å²) in [5, 5.41) is 15.0. The molecule has 0 saturated heterocycles. The highest BCUT2D eigenvalue weighted by Crippen LogP contribution is 2.20. The minimum Gasteiger partial charge on any atom is -0.326 e. The van der Waals surface area contributed by atoms with Gasteiger partial charge in [-0.3, -0.25) is 4.79 Å². The van der Waals surface area contributed by atoms with Gasteiger partial charge in [0, 0.05) is 30.3 Å². The molecule has 0 atom stereocenters. The highest BCUT2D eigenvalue weighted by Gasteiger charge is 2.16. The number of nitrogens with one attached hydrogen (secondary N) is 2. The first-order valence-electron chi connectivity index (χ1n) is 9.68. The molecule has 13 heteroatoms. The fraction of sp³-hybridized carbons (Fsp3) is 0.100. The maximum absolute atomic E-state index is 12.4. The summed E-state index contributed by atoms with van der Waals surface area (Å²) in [4.78, 5) is 20.0. The van der Waals surface area contributed by atoms with Crippen LogP contribution in [0.25, 0.3) is 5.69 Å². The number of benzene rings is 2. The number of aromatic nitrogens is 6. The van der Waals surface area contributed by atoms with E-state index in [0.29, 0.717) is 16.6 Å². The number of sulfonamides is 1. The van der Waals surface area contributed by atoms with Gasteiger partial charge in [0.15, 0.2) is 0 Å². The van der Waals surface area contributed by atoms with Gasteiger partial charge in [-0.05, 0) is 52.9 Å². The summed E-state index contributed by atoms with van der Waals surface area (Å²) in [5.74, 6) is 0.227. The van der Waals surface area contributed by atoms with Crippen LogP contribution in [0.15, 0.2) is 83.1 Å². The number of para-hydroxylation sites is 1. The number of carbonyl (C=O) groups is 1. The van der Waals surface area contributed by atoms with Gasteiger partial charge in [-0.15, -0.1) is 5.10 Å². The maximum Gasteiger partial charge on any atom is 0.264 e. The Morgan fingerprint density at radius 1 is 0.970 bits per heavy atom. The van der Waals surface area contributed by atoms with Crippen molar-refractivity contribution in [3.63, 3.8) is 0 Å². The number of thioether (sulfide) groups is 1. The third-order valence-corrected chi connectivity index (χ3v) is 6.51. The molecule has 0 radical (unpaired) electrons. The topological polar surface area (TPSA) is 145 Å². The monoisotopic (exact) mass is 482 g/mol. The molecule has 2 aromatic carbocycles. The standard InChI is InChI=1S/C20H18N8O3S2/c29-18(11-14-32-20-24-26-27-28(20)16-5-2-1-3-6-16)23-15-7-9-17(10-8-15)33(30,31)25-19-21-12-4-13-22-19/h1-10,12-13H,11,14H2,(H,23,29)(H,21,22,25). The summed E-state index contributed by atoms with van der Waals surface area (Å²) >= 11 is 1.36. The van der Waals surface area contributed by atoms with Crippen molar-refractivity contribution < 1.29 is 13.2 Å². The van der Waals surface area contributed by atoms with Crippen LogP contribution in [0.2, 0.25) is 0 Å². The lowest BCUT2D eigenvalue weighted by Gasteiger charge is -2.08. The Hall–Kier alpha value is -3.84. The van der Waals surface area contributed by atoms with Gasteiger partial charge in [-0.25, -0.2) is 23.1 Å². The number of rotatable bonds is 9. The average Bonchev–Trinajstić information content (AvgIpc) is 3.29. The summed E-state index contributed by atoms with van der Waals surface area (Å²) in [5.41, 5.74) is 1.31. The molecule has 4 aromatic rings. The van der Waals surface area contributed by atoms with Gasteiger partial charge in [0.05, 0.1) is 10.6 Å². The van der Waals surface area contributed by atoms with Crippen LogP contribution in [0.1, 0.15) is 6.42 Å². The Morgan fingerprint density at radius 3 is 2.42 bits per heavy atom. The van der Waals surface area contributed by atoms with Crippen LogP contribution in [0.4, 0.5) is 11.6 Å². The second-order valence-corrected chi connectivity index (χ2v) is 9.30. The van der Waals surface area contributed by atoms with Gasteiger partial charge >= 0.3 is 0 Å². The van der Waals surface area contributed by atoms with Crippen LogP contribution in [-0.4, -0.2) is 50.3 Å². The Balaban J connectivity index is 1.30. The van der Waals surface area contributed by atoms with E-state index < -0.39 is 10.0 Å². The van der Waals surface area contributed by atoms with E-state index in [1.807, 2.05) is 30.3 Å². The van der Waals surface area contributed by atoms with Gasteiger partial charge in [0.1, 0.15) is 0 Å². The van der Waals surface area contributed by atoms with Crippen molar-refractivity contribution >= 4 is 39.3 Å². The van der Waals surface area contributed by atoms with Gasteiger partial charge in [-0.1, -0.05) is 30.0 Å². The van der Waals surface area contributed by atoms with E-state index in [1.54, 1.807) is 10.7 Å². The lowest BCUT2D eigenvalue weighted by Crippen LogP contribution is -2.15. The number of anilines is 2. The molecule has 4 rings (SSSR count). The smallest absolute Gasteiger partial charge is 0.264 e. The van der Waals surface area contributed by atoms with Gasteiger partial charge in [0.25, 0.3) is 10.0 Å². The third kappa shape index (κ3) is 5.90. The quantitative estimate of drug-likeness (QED) is 0.343. The molecule has 0 bridgehead atoms. The second kappa shape index (κ2) is 10.2. The lowest BCUT2D eigenvalue weighted by atomic mass is 10.3. The first-order chi connectivity index (χ1) is 16.0. The summed E-state index contributed by atoms with van der Waals surface area (Å²) in [6.07, 6.45) is 3.09. The SMILES string of the molecule is O=C(CCSc1nnnn1-c1ccccc1)Nc1ccc(S(=O)(=O)Nc2ncccn2)cc1. The molecule has 0 fully saturated rings. The number of hydrogen-bond acceptors (Lipinski definition) is 9. The zero-order valence-corrected chi connectivity index (χ0v) is 18.7. The number of hydrogen-bond donors (Lipinski definition) is 2.